The second-order valence-electron chi connectivity index (χ2n) is 22.1. The third kappa shape index (κ3) is 5.76. The van der Waals surface area contributed by atoms with Gasteiger partial charge in [-0.2, -0.15) is 0 Å². The highest BCUT2D eigenvalue weighted by Gasteiger charge is 2.52. The van der Waals surface area contributed by atoms with Gasteiger partial charge in [0.25, 0.3) is 0 Å². The Balaban J connectivity index is 0.934. The molecule has 2 aliphatic carbocycles. The zero-order valence-corrected chi connectivity index (χ0v) is 44.0. The summed E-state index contributed by atoms with van der Waals surface area (Å²) in [5, 5.41) is 7.28. The van der Waals surface area contributed by atoms with Gasteiger partial charge in [-0.05, 0) is 138 Å². The van der Waals surface area contributed by atoms with Crippen LogP contribution in [0.2, 0.25) is 0 Å². The van der Waals surface area contributed by atoms with Gasteiger partial charge in [-0.25, -0.2) is 0 Å². The fourth-order valence-electron chi connectivity index (χ4n) is 15.4. The zero-order chi connectivity index (χ0) is 53.0. The normalized spacial score (nSPS) is 15.1. The molecule has 1 atom stereocenters. The Kier molecular flexibility index (Phi) is 9.08. The van der Waals surface area contributed by atoms with Gasteiger partial charge in [0, 0.05) is 38.5 Å². The van der Waals surface area contributed by atoms with Crippen LogP contribution in [0.4, 0.5) is 17.1 Å². The number of hydrogen-bond acceptors (Lipinski definition) is 2. The van der Waals surface area contributed by atoms with Crippen LogP contribution in [-0.4, -0.2) is 4.57 Å². The van der Waals surface area contributed by atoms with Crippen LogP contribution >= 0.6 is 0 Å². The Morgan fingerprint density at radius 2 is 0.926 bits per heavy atom. The summed E-state index contributed by atoms with van der Waals surface area (Å²) in [6.07, 6.45) is 0. The van der Waals surface area contributed by atoms with Crippen molar-refractivity contribution in [2.75, 3.05) is 4.90 Å². The van der Waals surface area contributed by atoms with Crippen molar-refractivity contribution in [2.45, 2.75) is 10.8 Å². The quantitative estimate of drug-likeness (QED) is 0.166. The van der Waals surface area contributed by atoms with Crippen LogP contribution in [0.25, 0.3) is 93.6 Å². The number of furan rings is 1. The molecule has 15 aromatic rings. The molecule has 0 bridgehead atoms. The molecule has 376 valence electrons. The largest absolute Gasteiger partial charge is 0.456 e. The molecule has 1 unspecified atom stereocenters. The molecule has 1 spiro atoms. The van der Waals surface area contributed by atoms with Gasteiger partial charge in [0.15, 0.2) is 0 Å². The zero-order valence-electron chi connectivity index (χ0n) is 44.0. The first-order valence-corrected chi connectivity index (χ1v) is 28.2. The summed E-state index contributed by atoms with van der Waals surface area (Å²) >= 11 is 0. The minimum Gasteiger partial charge on any atom is -0.456 e. The average Bonchev–Trinajstić information content (AvgIpc) is 3.67. The van der Waals surface area contributed by atoms with Crippen molar-refractivity contribution in [1.82, 2.24) is 4.57 Å². The molecule has 0 radical (unpaired) electrons. The SMILES string of the molecule is c1ccc(C2(c3ccccc3)c3cc(N(c4ccc(-c5cccc6oc7ccccc7c56)cc4)c4cccc5c4-c4ccccc4C54c5ccccc5-n5c6ccccc6c6cccc4c65)ccc3-c3c2ccc2ccccc32)cc1. The maximum Gasteiger partial charge on any atom is 0.136 e. The third-order valence-corrected chi connectivity index (χ3v) is 18.5. The Morgan fingerprint density at radius 3 is 1.77 bits per heavy atom. The van der Waals surface area contributed by atoms with Gasteiger partial charge in [-0.15, -0.1) is 0 Å². The lowest BCUT2D eigenvalue weighted by atomic mass is 9.65. The Hall–Kier alpha value is -10.5. The van der Waals surface area contributed by atoms with Crippen molar-refractivity contribution < 1.29 is 4.42 Å². The van der Waals surface area contributed by atoms with Gasteiger partial charge in [-0.1, -0.05) is 237 Å². The van der Waals surface area contributed by atoms with Gasteiger partial charge in [0.1, 0.15) is 11.2 Å². The van der Waals surface area contributed by atoms with Gasteiger partial charge in [0.2, 0.25) is 0 Å². The van der Waals surface area contributed by atoms with Crippen molar-refractivity contribution in [1.29, 1.82) is 0 Å². The van der Waals surface area contributed by atoms with Crippen molar-refractivity contribution in [2.24, 2.45) is 0 Å². The molecule has 0 saturated carbocycles. The molecule has 3 heteroatoms. The monoisotopic (exact) mass is 1030 g/mol. The second kappa shape index (κ2) is 16.5. The van der Waals surface area contributed by atoms with E-state index in [1.165, 1.54) is 105 Å². The molecular formula is C78H48N2O. The van der Waals surface area contributed by atoms with Crippen molar-refractivity contribution in [3.05, 3.63) is 336 Å². The fourth-order valence-corrected chi connectivity index (χ4v) is 15.4. The van der Waals surface area contributed by atoms with E-state index in [1.807, 2.05) is 6.07 Å². The molecule has 3 heterocycles. The highest BCUT2D eigenvalue weighted by atomic mass is 16.3. The number of benzene rings is 13. The van der Waals surface area contributed by atoms with Crippen LogP contribution in [-0.2, 0) is 10.8 Å². The maximum atomic E-state index is 6.44. The molecule has 13 aromatic carbocycles. The summed E-state index contributed by atoms with van der Waals surface area (Å²) in [5.74, 6) is 0. The van der Waals surface area contributed by atoms with E-state index in [2.05, 4.69) is 295 Å². The fraction of sp³-hybridized carbons (Fsp3) is 0.0256. The molecule has 0 N–H and O–H groups in total. The Morgan fingerprint density at radius 1 is 0.333 bits per heavy atom. The van der Waals surface area contributed by atoms with E-state index in [1.54, 1.807) is 0 Å². The van der Waals surface area contributed by atoms with E-state index in [-0.39, 0.29) is 0 Å². The number of rotatable bonds is 6. The van der Waals surface area contributed by atoms with E-state index >= 15 is 0 Å². The Labute approximate surface area is 468 Å². The van der Waals surface area contributed by atoms with Crippen LogP contribution in [0.15, 0.2) is 296 Å². The van der Waals surface area contributed by atoms with Crippen molar-refractivity contribution >= 4 is 71.6 Å². The van der Waals surface area contributed by atoms with Gasteiger partial charge >= 0.3 is 0 Å². The first kappa shape index (κ1) is 44.5. The molecule has 18 rings (SSSR count). The topological polar surface area (TPSA) is 21.3 Å². The van der Waals surface area contributed by atoms with Gasteiger partial charge in [0.05, 0.1) is 33.2 Å². The minimum atomic E-state index is -0.632. The lowest BCUT2D eigenvalue weighted by molar-refractivity contribution is 0.669. The predicted octanol–water partition coefficient (Wildman–Crippen LogP) is 20.0. The smallest absolute Gasteiger partial charge is 0.136 e. The molecule has 2 aromatic heterocycles. The van der Waals surface area contributed by atoms with Gasteiger partial charge in [-0.3, -0.25) is 0 Å². The average molecular weight is 1030 g/mol. The second-order valence-corrected chi connectivity index (χ2v) is 22.1. The van der Waals surface area contributed by atoms with Crippen LogP contribution in [0, 0.1) is 0 Å². The van der Waals surface area contributed by atoms with Crippen LogP contribution in [0.3, 0.4) is 0 Å². The summed E-state index contributed by atoms with van der Waals surface area (Å²) < 4.78 is 8.97. The summed E-state index contributed by atoms with van der Waals surface area (Å²) in [5.41, 5.74) is 25.0. The summed E-state index contributed by atoms with van der Waals surface area (Å²) in [4.78, 5) is 2.56. The van der Waals surface area contributed by atoms with E-state index in [9.17, 15) is 0 Å². The first-order chi connectivity index (χ1) is 40.2. The molecular weight excluding hydrogens is 981 g/mol. The maximum absolute atomic E-state index is 6.44. The summed E-state index contributed by atoms with van der Waals surface area (Å²) in [7, 11) is 0. The van der Waals surface area contributed by atoms with E-state index in [0.29, 0.717) is 0 Å². The van der Waals surface area contributed by atoms with Gasteiger partial charge < -0.3 is 13.9 Å². The first-order valence-electron chi connectivity index (χ1n) is 28.2. The highest BCUT2D eigenvalue weighted by molar-refractivity contribution is 6.15. The summed E-state index contributed by atoms with van der Waals surface area (Å²) in [6, 6.07) is 109. The molecule has 0 amide bonds. The predicted molar refractivity (Wildman–Crippen MR) is 334 cm³/mol. The number of nitrogens with zero attached hydrogens (tertiary/aromatic N) is 2. The molecule has 0 saturated heterocycles. The lowest BCUT2D eigenvalue weighted by Gasteiger charge is -2.39. The molecule has 81 heavy (non-hydrogen) atoms. The molecule has 3 aliphatic rings. The van der Waals surface area contributed by atoms with Crippen LogP contribution in [0.5, 0.6) is 0 Å². The summed E-state index contributed by atoms with van der Waals surface area (Å²) in [6.45, 7) is 0. The lowest BCUT2D eigenvalue weighted by Crippen LogP contribution is -2.33. The van der Waals surface area contributed by atoms with E-state index in [4.69, 9.17) is 4.42 Å². The number of aromatic nitrogens is 1. The van der Waals surface area contributed by atoms with Crippen molar-refractivity contribution in [3.8, 4) is 39.1 Å². The molecule has 3 nitrogen and oxygen atoms in total. The number of hydrogen-bond donors (Lipinski definition) is 0. The van der Waals surface area contributed by atoms with E-state index in [0.717, 1.165) is 50.1 Å². The minimum absolute atomic E-state index is 0.625. The molecule has 1 aliphatic heterocycles. The van der Waals surface area contributed by atoms with E-state index < -0.39 is 10.8 Å². The highest BCUT2D eigenvalue weighted by Crippen LogP contribution is 2.64. The number of para-hydroxylation sites is 4. The standard InChI is InChI=1S/C78H48N2O/c1-3-21-51(22-4-1)77(52-23-5-2-6-24-52)65-47-42-49-20-7-8-25-55(49)73(65)60-46-45-54(48-67(60)77)79(53-43-40-50(41-44-53)56-29-18-39-72-74(56)61-28-11-16-38-71(61)81-72)70-37-19-33-64-75(70)59-27-9-12-31-62(59)78(64)63-32-13-15-36-69(63)80-68-35-14-10-26-57(68)58-30-17-34-66(78)76(58)80/h1-48H. The molecule has 0 fully saturated rings. The third-order valence-electron chi connectivity index (χ3n) is 18.5. The van der Waals surface area contributed by atoms with Crippen LogP contribution < -0.4 is 4.90 Å². The van der Waals surface area contributed by atoms with Crippen molar-refractivity contribution in [3.63, 3.8) is 0 Å². The number of anilines is 3. The van der Waals surface area contributed by atoms with Crippen LogP contribution in [0.1, 0.15) is 44.5 Å². The number of fused-ring (bicyclic) bond motifs is 20. The Bertz CT molecular complexity index is 5080.